The number of hydrogen-bond donors (Lipinski definition) is 1. The van der Waals surface area contributed by atoms with Crippen molar-refractivity contribution >= 4 is 11.9 Å². The maximum absolute atomic E-state index is 12.1. The van der Waals surface area contributed by atoms with Gasteiger partial charge in [-0.15, -0.1) is 0 Å². The van der Waals surface area contributed by atoms with Gasteiger partial charge in [-0.1, -0.05) is 0 Å². The zero-order valence-electron chi connectivity index (χ0n) is 12.8. The van der Waals surface area contributed by atoms with Crippen molar-refractivity contribution in [3.63, 3.8) is 0 Å². The van der Waals surface area contributed by atoms with E-state index in [0.717, 1.165) is 19.3 Å². The number of ether oxygens (including phenoxy) is 3. The van der Waals surface area contributed by atoms with E-state index in [9.17, 15) is 14.7 Å². The van der Waals surface area contributed by atoms with E-state index in [4.69, 9.17) is 14.2 Å². The smallest absolute Gasteiger partial charge is 0.314 e. The molecule has 0 aromatic rings. The van der Waals surface area contributed by atoms with Gasteiger partial charge in [0.05, 0.1) is 18.8 Å². The van der Waals surface area contributed by atoms with Crippen LogP contribution in [0.1, 0.15) is 32.6 Å². The highest BCUT2D eigenvalue weighted by Gasteiger charge is 2.57. The lowest BCUT2D eigenvalue weighted by atomic mass is 9.94. The minimum atomic E-state index is -1.33. The number of carbonyl (C=O) groups excluding carboxylic acids is 2. The van der Waals surface area contributed by atoms with Gasteiger partial charge in [0.2, 0.25) is 0 Å². The molecule has 5 atom stereocenters. The van der Waals surface area contributed by atoms with Gasteiger partial charge >= 0.3 is 5.97 Å². The molecule has 1 amide bonds. The Hall–Kier alpha value is -1.18. The first-order chi connectivity index (χ1) is 10.6. The highest BCUT2D eigenvalue weighted by Crippen LogP contribution is 2.37. The molecule has 22 heavy (non-hydrogen) atoms. The van der Waals surface area contributed by atoms with E-state index in [-0.39, 0.29) is 19.0 Å². The van der Waals surface area contributed by atoms with Crippen molar-refractivity contribution in [2.45, 2.75) is 57.1 Å². The molecule has 3 heterocycles. The molecule has 0 aromatic heterocycles. The number of carbonyl (C=O) groups is 2. The average Bonchev–Trinajstić information content (AvgIpc) is 3.01. The Morgan fingerprint density at radius 2 is 2.23 bits per heavy atom. The molecule has 1 unspecified atom stereocenters. The summed E-state index contributed by atoms with van der Waals surface area (Å²) in [5.74, 6) is -1.81. The molecule has 3 aliphatic rings. The van der Waals surface area contributed by atoms with Gasteiger partial charge in [0.15, 0.2) is 6.29 Å². The van der Waals surface area contributed by atoms with Crippen molar-refractivity contribution in [3.8, 4) is 0 Å². The maximum Gasteiger partial charge on any atom is 0.314 e. The summed E-state index contributed by atoms with van der Waals surface area (Å²) in [4.78, 5) is 25.8. The van der Waals surface area contributed by atoms with Gasteiger partial charge in [0, 0.05) is 13.2 Å². The van der Waals surface area contributed by atoms with Crippen molar-refractivity contribution in [2.75, 3.05) is 19.8 Å². The highest BCUT2D eigenvalue weighted by molar-refractivity contribution is 5.92. The fourth-order valence-corrected chi connectivity index (χ4v) is 3.65. The lowest BCUT2D eigenvalue weighted by molar-refractivity contribution is -0.195. The summed E-state index contributed by atoms with van der Waals surface area (Å²) in [5, 5.41) is 10.1. The molecule has 0 saturated carbocycles. The molecule has 3 fully saturated rings. The third-order valence-electron chi connectivity index (χ3n) is 4.66. The molecule has 0 spiro atoms. The molecule has 7 nitrogen and oxygen atoms in total. The van der Waals surface area contributed by atoms with Crippen LogP contribution in [0, 0.1) is 5.92 Å². The minimum Gasteiger partial charge on any atom is -0.466 e. The van der Waals surface area contributed by atoms with E-state index in [0.29, 0.717) is 19.6 Å². The van der Waals surface area contributed by atoms with E-state index in [2.05, 4.69) is 0 Å². The molecule has 124 valence electrons. The summed E-state index contributed by atoms with van der Waals surface area (Å²) in [7, 11) is 0. The number of amides is 1. The topological polar surface area (TPSA) is 85.3 Å². The van der Waals surface area contributed by atoms with Crippen LogP contribution in [-0.4, -0.2) is 66.2 Å². The number of rotatable bonds is 4. The Bertz CT molecular complexity index is 436. The number of esters is 1. The summed E-state index contributed by atoms with van der Waals surface area (Å²) in [6, 6.07) is -0.452. The Labute approximate surface area is 129 Å². The minimum absolute atomic E-state index is 0.222. The van der Waals surface area contributed by atoms with Gasteiger partial charge in [-0.2, -0.15) is 0 Å². The molecule has 0 radical (unpaired) electrons. The number of aliphatic hydroxyl groups is 1. The third-order valence-corrected chi connectivity index (χ3v) is 4.66. The fraction of sp³-hybridized carbons (Fsp3) is 0.867. The van der Waals surface area contributed by atoms with Crippen LogP contribution in [0.3, 0.4) is 0 Å². The monoisotopic (exact) mass is 313 g/mol. The Balaban J connectivity index is 1.73. The van der Waals surface area contributed by atoms with Crippen molar-refractivity contribution in [1.29, 1.82) is 0 Å². The van der Waals surface area contributed by atoms with Gasteiger partial charge in [0.1, 0.15) is 12.0 Å². The lowest BCUT2D eigenvalue weighted by Crippen LogP contribution is -2.43. The highest BCUT2D eigenvalue weighted by atomic mass is 16.7. The number of fused-ring (bicyclic) bond motifs is 1. The first-order valence-corrected chi connectivity index (χ1v) is 8.05. The molecule has 0 aromatic carbocycles. The maximum atomic E-state index is 12.1. The van der Waals surface area contributed by atoms with Gasteiger partial charge in [-0.05, 0) is 32.6 Å². The predicted molar refractivity (Wildman–Crippen MR) is 74.7 cm³/mol. The molecular weight excluding hydrogens is 290 g/mol. The van der Waals surface area contributed by atoms with Crippen LogP contribution in [-0.2, 0) is 23.8 Å². The largest absolute Gasteiger partial charge is 0.466 e. The van der Waals surface area contributed by atoms with Crippen LogP contribution in [0.15, 0.2) is 0 Å². The second-order valence-electron chi connectivity index (χ2n) is 6.00. The first kappa shape index (κ1) is 15.7. The van der Waals surface area contributed by atoms with Gasteiger partial charge in [0.25, 0.3) is 5.91 Å². The fourth-order valence-electron chi connectivity index (χ4n) is 3.65. The van der Waals surface area contributed by atoms with Crippen molar-refractivity contribution in [2.24, 2.45) is 5.92 Å². The Morgan fingerprint density at radius 1 is 1.41 bits per heavy atom. The molecule has 3 saturated heterocycles. The zero-order chi connectivity index (χ0) is 15.7. The number of nitrogens with zero attached hydrogens (tertiary/aromatic N) is 1. The molecule has 1 N–H and O–H groups in total. The quantitative estimate of drug-likeness (QED) is 0.738. The van der Waals surface area contributed by atoms with E-state index < -0.39 is 29.9 Å². The summed E-state index contributed by atoms with van der Waals surface area (Å²) in [5.41, 5.74) is 0. The second kappa shape index (κ2) is 6.52. The van der Waals surface area contributed by atoms with Crippen LogP contribution in [0.5, 0.6) is 0 Å². The van der Waals surface area contributed by atoms with Crippen LogP contribution in [0.2, 0.25) is 0 Å². The third kappa shape index (κ3) is 2.73. The molecule has 3 rings (SSSR count). The van der Waals surface area contributed by atoms with Crippen molar-refractivity contribution < 1.29 is 28.9 Å². The van der Waals surface area contributed by atoms with E-state index in [1.54, 1.807) is 11.8 Å². The van der Waals surface area contributed by atoms with Gasteiger partial charge < -0.3 is 24.2 Å². The molecular formula is C15H23NO6. The molecule has 3 aliphatic heterocycles. The van der Waals surface area contributed by atoms with Crippen molar-refractivity contribution in [3.05, 3.63) is 0 Å². The molecule has 0 bridgehead atoms. The molecule has 0 aliphatic carbocycles. The number of hydrogen-bond acceptors (Lipinski definition) is 6. The zero-order valence-corrected chi connectivity index (χ0v) is 12.8. The van der Waals surface area contributed by atoms with E-state index >= 15 is 0 Å². The normalized spacial score (nSPS) is 38.2. The van der Waals surface area contributed by atoms with E-state index in [1.165, 1.54) is 0 Å². The molecule has 7 heteroatoms. The van der Waals surface area contributed by atoms with Gasteiger partial charge in [-0.25, -0.2) is 0 Å². The average molecular weight is 313 g/mol. The standard InChI is InChI=1S/C15H23NO6/c1-2-20-15(19)11-12-9(22-10-5-3-4-8-21-10)6-7-16(12)14(18)13(11)17/h9-13,17H,2-8H2,1H3/t9-,10?,11-,12-,13+/m0/s1. The summed E-state index contributed by atoms with van der Waals surface area (Å²) in [6.07, 6.45) is 1.65. The summed E-state index contributed by atoms with van der Waals surface area (Å²) < 4.78 is 16.6. The van der Waals surface area contributed by atoms with Crippen LogP contribution < -0.4 is 0 Å². The van der Waals surface area contributed by atoms with Crippen LogP contribution in [0.25, 0.3) is 0 Å². The summed E-state index contributed by atoms with van der Waals surface area (Å²) >= 11 is 0. The summed E-state index contributed by atoms with van der Waals surface area (Å²) in [6.45, 7) is 3.10. The Morgan fingerprint density at radius 3 is 2.91 bits per heavy atom. The first-order valence-electron chi connectivity index (χ1n) is 8.05. The second-order valence-corrected chi connectivity index (χ2v) is 6.00. The predicted octanol–water partition coefficient (Wildman–Crippen LogP) is 0.0529. The SMILES string of the molecule is CCOC(=O)[C@H]1[C@@H]2[C@@H](OC3CCCCO3)CCN2C(=O)[C@@H]1O. The lowest BCUT2D eigenvalue weighted by Gasteiger charge is -2.30. The Kier molecular flexibility index (Phi) is 4.65. The van der Waals surface area contributed by atoms with Crippen LogP contribution >= 0.6 is 0 Å². The van der Waals surface area contributed by atoms with Crippen LogP contribution in [0.4, 0.5) is 0 Å². The van der Waals surface area contributed by atoms with Crippen molar-refractivity contribution in [1.82, 2.24) is 4.90 Å². The van der Waals surface area contributed by atoms with E-state index in [1.807, 2.05) is 0 Å². The number of aliphatic hydroxyl groups excluding tert-OH is 1. The van der Waals surface area contributed by atoms with Gasteiger partial charge in [-0.3, -0.25) is 9.59 Å².